The van der Waals surface area contributed by atoms with Gasteiger partial charge in [0.05, 0.1) is 5.92 Å². The Morgan fingerprint density at radius 2 is 2.00 bits per heavy atom. The van der Waals surface area contributed by atoms with Gasteiger partial charge in [-0.1, -0.05) is 30.7 Å². The van der Waals surface area contributed by atoms with Crippen molar-refractivity contribution in [2.45, 2.75) is 45.6 Å². The third kappa shape index (κ3) is 6.48. The number of carboxylic acid groups (broad SMARTS) is 1. The summed E-state index contributed by atoms with van der Waals surface area (Å²) >= 11 is 5.99. The molecule has 0 fully saturated rings. The van der Waals surface area contributed by atoms with E-state index in [4.69, 9.17) is 16.3 Å². The van der Waals surface area contributed by atoms with Gasteiger partial charge in [-0.15, -0.1) is 0 Å². The summed E-state index contributed by atoms with van der Waals surface area (Å²) in [5.41, 5.74) is 0.221. The molecule has 23 heavy (non-hydrogen) atoms. The lowest BCUT2D eigenvalue weighted by atomic mass is 9.84. The highest BCUT2D eigenvalue weighted by molar-refractivity contribution is 6.30. The monoisotopic (exact) mass is 341 g/mol. The normalized spacial score (nSPS) is 14.0. The number of aliphatic carboxylic acids is 1. The Morgan fingerprint density at radius 1 is 1.35 bits per heavy atom. The Morgan fingerprint density at radius 3 is 2.48 bits per heavy atom. The molecule has 1 aromatic rings. The summed E-state index contributed by atoms with van der Waals surface area (Å²) in [7, 11) is 0. The molecule has 5 nitrogen and oxygen atoms in total. The number of carboxylic acids is 1. The first kappa shape index (κ1) is 19.3. The smallest absolute Gasteiger partial charge is 0.407 e. The number of hydrogen-bond acceptors (Lipinski definition) is 3. The van der Waals surface area contributed by atoms with Gasteiger partial charge in [0.2, 0.25) is 0 Å². The van der Waals surface area contributed by atoms with Gasteiger partial charge in [0.25, 0.3) is 0 Å². The molecule has 1 amide bonds. The minimum atomic E-state index is -0.965. The van der Waals surface area contributed by atoms with E-state index < -0.39 is 23.6 Å². The summed E-state index contributed by atoms with van der Waals surface area (Å²) < 4.78 is 5.14. The van der Waals surface area contributed by atoms with Gasteiger partial charge in [-0.25, -0.2) is 4.79 Å². The first-order valence-corrected chi connectivity index (χ1v) is 7.97. The van der Waals surface area contributed by atoms with Gasteiger partial charge in [-0.05, 0) is 50.8 Å². The minimum Gasteiger partial charge on any atom is -0.481 e. The number of nitrogens with one attached hydrogen (secondary N) is 1. The van der Waals surface area contributed by atoms with Crippen LogP contribution in [-0.2, 0) is 9.53 Å². The van der Waals surface area contributed by atoms with E-state index in [0.717, 1.165) is 5.56 Å². The number of hydrogen-bond donors (Lipinski definition) is 2. The quantitative estimate of drug-likeness (QED) is 0.818. The second-order valence-corrected chi connectivity index (χ2v) is 6.83. The lowest BCUT2D eigenvalue weighted by Crippen LogP contribution is -2.39. The first-order chi connectivity index (χ1) is 10.6. The number of benzene rings is 1. The van der Waals surface area contributed by atoms with Gasteiger partial charge in [0.1, 0.15) is 5.60 Å². The van der Waals surface area contributed by atoms with Crippen molar-refractivity contribution < 1.29 is 19.4 Å². The molecule has 0 aliphatic heterocycles. The van der Waals surface area contributed by atoms with Crippen LogP contribution in [0, 0.1) is 5.92 Å². The summed E-state index contributed by atoms with van der Waals surface area (Å²) in [4.78, 5) is 23.4. The van der Waals surface area contributed by atoms with E-state index in [9.17, 15) is 14.7 Å². The van der Waals surface area contributed by atoms with Crippen LogP contribution in [-0.4, -0.2) is 29.3 Å². The molecule has 0 aromatic heterocycles. The number of alkyl carbamates (subject to hydrolysis) is 1. The van der Waals surface area contributed by atoms with Crippen molar-refractivity contribution in [2.24, 2.45) is 5.92 Å². The van der Waals surface area contributed by atoms with Crippen molar-refractivity contribution in [3.8, 4) is 0 Å². The standard InChI is InChI=1S/C17H24ClNO4/c1-5-13(11-7-6-8-12(18)9-11)14(15(20)21)10-19-16(22)23-17(2,3)4/h6-9,13-14H,5,10H2,1-4H3,(H,19,22)(H,20,21)/t13-,14+/m0/s1. The van der Waals surface area contributed by atoms with Gasteiger partial charge < -0.3 is 15.2 Å². The van der Waals surface area contributed by atoms with Crippen LogP contribution in [0.25, 0.3) is 0 Å². The van der Waals surface area contributed by atoms with Crippen LogP contribution >= 0.6 is 11.6 Å². The number of rotatable bonds is 6. The fraction of sp³-hybridized carbons (Fsp3) is 0.529. The number of halogens is 1. The third-order valence-electron chi connectivity index (χ3n) is 3.38. The molecule has 0 heterocycles. The predicted molar refractivity (Wildman–Crippen MR) is 89.8 cm³/mol. The molecule has 0 bridgehead atoms. The molecule has 0 spiro atoms. The molecule has 0 saturated carbocycles. The zero-order valence-electron chi connectivity index (χ0n) is 13.9. The maximum atomic E-state index is 11.7. The Hall–Kier alpha value is -1.75. The van der Waals surface area contributed by atoms with E-state index in [1.54, 1.807) is 39.0 Å². The van der Waals surface area contributed by atoms with Crippen molar-refractivity contribution in [3.63, 3.8) is 0 Å². The van der Waals surface area contributed by atoms with Crippen LogP contribution < -0.4 is 5.32 Å². The number of carbonyl (C=O) groups is 2. The van der Waals surface area contributed by atoms with E-state index in [2.05, 4.69) is 5.32 Å². The molecule has 128 valence electrons. The largest absolute Gasteiger partial charge is 0.481 e. The third-order valence-corrected chi connectivity index (χ3v) is 3.62. The lowest BCUT2D eigenvalue weighted by Gasteiger charge is -2.25. The van der Waals surface area contributed by atoms with Crippen LogP contribution in [0.3, 0.4) is 0 Å². The van der Waals surface area contributed by atoms with Crippen molar-refractivity contribution in [1.82, 2.24) is 5.32 Å². The second-order valence-electron chi connectivity index (χ2n) is 6.40. The molecule has 2 N–H and O–H groups in total. The van der Waals surface area contributed by atoms with E-state index in [1.165, 1.54) is 0 Å². The number of amides is 1. The predicted octanol–water partition coefficient (Wildman–Crippen LogP) is 4.06. The topological polar surface area (TPSA) is 75.6 Å². The average Bonchev–Trinajstić information content (AvgIpc) is 2.41. The Bertz CT molecular complexity index is 554. The summed E-state index contributed by atoms with van der Waals surface area (Å²) in [6.45, 7) is 7.16. The number of ether oxygens (including phenoxy) is 1. The average molecular weight is 342 g/mol. The molecular weight excluding hydrogens is 318 g/mol. The van der Waals surface area contributed by atoms with Gasteiger partial charge in [-0.3, -0.25) is 4.79 Å². The van der Waals surface area contributed by atoms with E-state index >= 15 is 0 Å². The molecule has 0 radical (unpaired) electrons. The van der Waals surface area contributed by atoms with E-state index in [1.807, 2.05) is 13.0 Å². The highest BCUT2D eigenvalue weighted by atomic mass is 35.5. The SMILES string of the molecule is CC[C@@H](c1cccc(Cl)c1)[C@@H](CNC(=O)OC(C)(C)C)C(=O)O. The lowest BCUT2D eigenvalue weighted by molar-refractivity contribution is -0.142. The zero-order chi connectivity index (χ0) is 17.6. The minimum absolute atomic E-state index is 0.00470. The molecule has 1 rings (SSSR count). The highest BCUT2D eigenvalue weighted by Gasteiger charge is 2.29. The zero-order valence-corrected chi connectivity index (χ0v) is 14.7. The van der Waals surface area contributed by atoms with Crippen LogP contribution in [0.2, 0.25) is 5.02 Å². The Kier molecular flexibility index (Phi) is 6.88. The summed E-state index contributed by atoms with van der Waals surface area (Å²) in [6, 6.07) is 7.15. The first-order valence-electron chi connectivity index (χ1n) is 7.59. The molecule has 2 atom stereocenters. The van der Waals surface area contributed by atoms with E-state index in [0.29, 0.717) is 11.4 Å². The van der Waals surface area contributed by atoms with Crippen molar-refractivity contribution in [3.05, 3.63) is 34.9 Å². The Balaban J connectivity index is 2.84. The number of carbonyl (C=O) groups excluding carboxylic acids is 1. The van der Waals surface area contributed by atoms with Gasteiger partial charge in [0.15, 0.2) is 0 Å². The molecular formula is C17H24ClNO4. The molecule has 6 heteroatoms. The fourth-order valence-electron chi connectivity index (χ4n) is 2.40. The summed E-state index contributed by atoms with van der Waals surface area (Å²) in [5.74, 6) is -1.97. The van der Waals surface area contributed by atoms with Crippen LogP contribution in [0.1, 0.15) is 45.6 Å². The van der Waals surface area contributed by atoms with Gasteiger partial charge >= 0.3 is 12.1 Å². The maximum absolute atomic E-state index is 11.7. The van der Waals surface area contributed by atoms with Crippen LogP contribution in [0.5, 0.6) is 0 Å². The maximum Gasteiger partial charge on any atom is 0.407 e. The molecule has 1 aromatic carbocycles. The molecule has 0 saturated heterocycles. The highest BCUT2D eigenvalue weighted by Crippen LogP contribution is 2.30. The fourth-order valence-corrected chi connectivity index (χ4v) is 2.60. The molecule has 0 aliphatic carbocycles. The van der Waals surface area contributed by atoms with Crippen LogP contribution in [0.15, 0.2) is 24.3 Å². The van der Waals surface area contributed by atoms with Gasteiger partial charge in [0, 0.05) is 11.6 Å². The van der Waals surface area contributed by atoms with Crippen molar-refractivity contribution >= 4 is 23.7 Å². The summed E-state index contributed by atoms with van der Waals surface area (Å²) in [5, 5.41) is 12.6. The second kappa shape index (κ2) is 8.20. The molecule has 0 aliphatic rings. The van der Waals surface area contributed by atoms with Crippen LogP contribution in [0.4, 0.5) is 4.79 Å². The van der Waals surface area contributed by atoms with E-state index in [-0.39, 0.29) is 12.5 Å². The molecule has 0 unspecified atom stereocenters. The van der Waals surface area contributed by atoms with Crippen molar-refractivity contribution in [1.29, 1.82) is 0 Å². The Labute approximate surface area is 142 Å². The summed E-state index contributed by atoms with van der Waals surface area (Å²) in [6.07, 6.45) is -0.00229. The van der Waals surface area contributed by atoms with Crippen molar-refractivity contribution in [2.75, 3.05) is 6.54 Å². The van der Waals surface area contributed by atoms with Gasteiger partial charge in [-0.2, -0.15) is 0 Å².